The molecule has 3 aromatic rings. The van der Waals surface area contributed by atoms with E-state index in [2.05, 4.69) is 14.8 Å². The van der Waals surface area contributed by atoms with Crippen molar-refractivity contribution in [2.24, 2.45) is 0 Å². The third-order valence-electron chi connectivity index (χ3n) is 5.32. The van der Waals surface area contributed by atoms with Crippen molar-refractivity contribution < 1.29 is 37.9 Å². The van der Waals surface area contributed by atoms with E-state index in [1.165, 1.54) is 12.1 Å². The number of phosphoric acid groups is 1. The summed E-state index contributed by atoms with van der Waals surface area (Å²) in [6.45, 7) is -0.705. The van der Waals surface area contributed by atoms with Gasteiger partial charge in [-0.05, 0) is 36.6 Å². The minimum absolute atomic E-state index is 0.0606. The Morgan fingerprint density at radius 2 is 1.92 bits per heavy atom. The summed E-state index contributed by atoms with van der Waals surface area (Å²) in [5.41, 5.74) is 0.468. The van der Waals surface area contributed by atoms with Gasteiger partial charge in [0, 0.05) is 24.2 Å². The van der Waals surface area contributed by atoms with Crippen LogP contribution in [0.1, 0.15) is 12.0 Å². The molecule has 1 heterocycles. The molecule has 194 valence electrons. The molecule has 2 aromatic carbocycles. The van der Waals surface area contributed by atoms with Crippen LogP contribution < -0.4 is 5.32 Å². The molecular weight excluding hydrogens is 516 g/mol. The number of rotatable bonds is 11. The number of aromatic nitrogens is 1. The van der Waals surface area contributed by atoms with Crippen LogP contribution in [0.3, 0.4) is 0 Å². The topological polar surface area (TPSA) is 141 Å². The van der Waals surface area contributed by atoms with Crippen molar-refractivity contribution in [3.63, 3.8) is 0 Å². The van der Waals surface area contributed by atoms with E-state index in [-0.39, 0.29) is 30.4 Å². The molecule has 0 aliphatic rings. The summed E-state index contributed by atoms with van der Waals surface area (Å²) in [7, 11) is -3.13. The second-order valence-electron chi connectivity index (χ2n) is 8.10. The molecule has 13 heteroatoms. The molecule has 1 amide bonds. The first kappa shape index (κ1) is 27.9. The van der Waals surface area contributed by atoms with Gasteiger partial charge in [0.1, 0.15) is 18.2 Å². The number of ether oxygens (including phenoxy) is 1. The lowest BCUT2D eigenvalue weighted by Gasteiger charge is -2.29. The van der Waals surface area contributed by atoms with E-state index < -0.39 is 38.5 Å². The average Bonchev–Trinajstić information content (AvgIpc) is 2.82. The molecule has 0 saturated carbocycles. The Morgan fingerprint density at radius 1 is 1.19 bits per heavy atom. The summed E-state index contributed by atoms with van der Waals surface area (Å²) in [5.74, 6) is -0.307. The summed E-state index contributed by atoms with van der Waals surface area (Å²) >= 11 is 6.05. The number of halogens is 2. The van der Waals surface area contributed by atoms with Crippen molar-refractivity contribution in [2.75, 3.05) is 25.6 Å². The Bertz CT molecular complexity index is 1250. The largest absolute Gasteiger partial charge is 0.469 e. The smallest absolute Gasteiger partial charge is 0.448 e. The van der Waals surface area contributed by atoms with Crippen LogP contribution in [0.5, 0.6) is 0 Å². The molecule has 36 heavy (non-hydrogen) atoms. The molecule has 2 atom stereocenters. The number of carbonyl (C=O) groups excluding carboxylic acids is 1. The number of hydrogen-bond donors (Lipinski definition) is 4. The number of hydrogen-bond acceptors (Lipinski definition) is 7. The van der Waals surface area contributed by atoms with Gasteiger partial charge in [0.25, 0.3) is 0 Å². The number of carbonyl (C=O) groups is 1. The van der Waals surface area contributed by atoms with E-state index in [9.17, 15) is 18.9 Å². The predicted octanol–water partition coefficient (Wildman–Crippen LogP) is 3.94. The molecule has 3 rings (SSSR count). The van der Waals surface area contributed by atoms with E-state index in [0.717, 1.165) is 10.8 Å². The molecule has 0 radical (unpaired) electrons. The third kappa shape index (κ3) is 8.49. The van der Waals surface area contributed by atoms with Crippen LogP contribution in [0.25, 0.3) is 10.8 Å². The van der Waals surface area contributed by atoms with Crippen LogP contribution >= 0.6 is 19.4 Å². The second-order valence-corrected chi connectivity index (χ2v) is 9.72. The standard InChI is InChI=1S/C23H26ClFN3O7P/c1-28(12-17-7-4-8-20(25)22(17)24)18(10-19(29)14-35-36(31,32)33)13-34-23(30)27-21-9-15-5-2-3-6-16(15)11-26-21/h2-9,11,18-19,29H,10,12-14H2,1H3,(H,26,27,30)(H2,31,32,33)/t18-,19-/m0/s1. The zero-order valence-corrected chi connectivity index (χ0v) is 20.9. The maximum Gasteiger partial charge on any atom is 0.469 e. The molecule has 0 aliphatic carbocycles. The van der Waals surface area contributed by atoms with Crippen molar-refractivity contribution in [1.29, 1.82) is 0 Å². The van der Waals surface area contributed by atoms with Crippen molar-refractivity contribution in [3.8, 4) is 0 Å². The van der Waals surface area contributed by atoms with Crippen LogP contribution in [0.15, 0.2) is 54.7 Å². The Hall–Kier alpha value is -2.63. The number of aliphatic hydroxyl groups is 1. The van der Waals surface area contributed by atoms with Gasteiger partial charge in [0.2, 0.25) is 0 Å². The van der Waals surface area contributed by atoms with E-state index in [1.54, 1.807) is 30.3 Å². The molecule has 0 saturated heterocycles. The molecular formula is C23H26ClFN3O7P. The minimum Gasteiger partial charge on any atom is -0.448 e. The van der Waals surface area contributed by atoms with Gasteiger partial charge in [-0.2, -0.15) is 0 Å². The highest BCUT2D eigenvalue weighted by Gasteiger charge is 2.25. The first-order valence-corrected chi connectivity index (χ1v) is 12.7. The van der Waals surface area contributed by atoms with Crippen LogP contribution in [0, 0.1) is 5.82 Å². The fourth-order valence-corrected chi connectivity index (χ4v) is 4.03. The Kier molecular flexibility index (Phi) is 9.75. The lowest BCUT2D eigenvalue weighted by molar-refractivity contribution is 0.0363. The van der Waals surface area contributed by atoms with Gasteiger partial charge < -0.3 is 19.6 Å². The molecule has 0 spiro atoms. The van der Waals surface area contributed by atoms with Crippen molar-refractivity contribution in [1.82, 2.24) is 9.88 Å². The highest BCUT2D eigenvalue weighted by molar-refractivity contribution is 7.46. The second kappa shape index (κ2) is 12.6. The number of amides is 1. The summed E-state index contributed by atoms with van der Waals surface area (Å²) in [5, 5.41) is 14.5. The quantitative estimate of drug-likeness (QED) is 0.266. The van der Waals surface area contributed by atoms with Crippen LogP contribution in [0.4, 0.5) is 15.0 Å². The lowest BCUT2D eigenvalue weighted by Crippen LogP contribution is -2.40. The van der Waals surface area contributed by atoms with Gasteiger partial charge in [-0.25, -0.2) is 18.7 Å². The van der Waals surface area contributed by atoms with Gasteiger partial charge in [-0.3, -0.25) is 14.7 Å². The number of anilines is 1. The normalized spacial score (nSPS) is 13.5. The lowest BCUT2D eigenvalue weighted by atomic mass is 10.1. The molecule has 0 aliphatic heterocycles. The zero-order valence-electron chi connectivity index (χ0n) is 19.3. The molecule has 10 nitrogen and oxygen atoms in total. The molecule has 4 N–H and O–H groups in total. The van der Waals surface area contributed by atoms with Gasteiger partial charge in [0.15, 0.2) is 0 Å². The molecule has 0 unspecified atom stereocenters. The van der Waals surface area contributed by atoms with Gasteiger partial charge in [-0.1, -0.05) is 48.0 Å². The van der Waals surface area contributed by atoms with Crippen LogP contribution in [-0.2, 0) is 20.4 Å². The van der Waals surface area contributed by atoms with Crippen molar-refractivity contribution >= 4 is 42.1 Å². The third-order valence-corrected chi connectivity index (χ3v) is 6.23. The average molecular weight is 542 g/mol. The number of benzene rings is 2. The number of nitrogens with zero attached hydrogens (tertiary/aromatic N) is 2. The minimum atomic E-state index is -4.78. The molecule has 0 fully saturated rings. The summed E-state index contributed by atoms with van der Waals surface area (Å²) in [4.78, 5) is 36.0. The van der Waals surface area contributed by atoms with E-state index >= 15 is 0 Å². The Morgan fingerprint density at radius 3 is 2.64 bits per heavy atom. The monoisotopic (exact) mass is 541 g/mol. The molecule has 1 aromatic heterocycles. The Labute approximate surface area is 211 Å². The van der Waals surface area contributed by atoms with Crippen LogP contribution in [0.2, 0.25) is 5.02 Å². The van der Waals surface area contributed by atoms with Gasteiger partial charge >= 0.3 is 13.9 Å². The zero-order chi connectivity index (χ0) is 26.3. The van der Waals surface area contributed by atoms with E-state index in [4.69, 9.17) is 26.1 Å². The van der Waals surface area contributed by atoms with Crippen molar-refractivity contribution in [3.05, 3.63) is 71.1 Å². The fourth-order valence-electron chi connectivity index (χ4n) is 3.47. The van der Waals surface area contributed by atoms with Gasteiger partial charge in [-0.15, -0.1) is 0 Å². The first-order valence-electron chi connectivity index (χ1n) is 10.8. The Balaban J connectivity index is 1.66. The van der Waals surface area contributed by atoms with E-state index in [0.29, 0.717) is 5.56 Å². The number of nitrogens with one attached hydrogen (secondary N) is 1. The first-order chi connectivity index (χ1) is 17.0. The predicted molar refractivity (Wildman–Crippen MR) is 132 cm³/mol. The number of aliphatic hydroxyl groups excluding tert-OH is 1. The molecule has 0 bridgehead atoms. The maximum absolute atomic E-state index is 13.8. The van der Waals surface area contributed by atoms with Crippen molar-refractivity contribution in [2.45, 2.75) is 25.1 Å². The number of fused-ring (bicyclic) bond motifs is 1. The fraction of sp³-hybridized carbons (Fsp3) is 0.304. The highest BCUT2D eigenvalue weighted by Crippen LogP contribution is 2.36. The van der Waals surface area contributed by atoms with E-state index in [1.807, 2.05) is 24.3 Å². The number of phosphoric ester groups is 1. The SMILES string of the molecule is CN(Cc1cccc(F)c1Cl)[C@H](COC(=O)Nc1cc2ccccc2cn1)C[C@H](O)COP(=O)(O)O. The summed E-state index contributed by atoms with van der Waals surface area (Å²) in [6.07, 6.45) is -0.546. The highest BCUT2D eigenvalue weighted by atomic mass is 35.5. The number of likely N-dealkylation sites (N-methyl/N-ethyl adjacent to an activating group) is 1. The summed E-state index contributed by atoms with van der Waals surface area (Å²) in [6, 6.07) is 12.9. The van der Waals surface area contributed by atoms with Gasteiger partial charge in [0.05, 0.1) is 17.7 Å². The van der Waals surface area contributed by atoms with Crippen LogP contribution in [-0.4, -0.2) is 63.3 Å². The maximum atomic E-state index is 13.8. The number of pyridine rings is 1. The summed E-state index contributed by atoms with van der Waals surface area (Å²) < 4.78 is 34.5.